The SMILES string of the molecule is CN(C)CC=Nc1cc(O)c2nn(-c3ccccc3)cc2c1O. The maximum absolute atomic E-state index is 10.4. The van der Waals surface area contributed by atoms with Crippen molar-refractivity contribution in [1.29, 1.82) is 0 Å². The Morgan fingerprint density at radius 3 is 2.65 bits per heavy atom. The van der Waals surface area contributed by atoms with Crippen molar-refractivity contribution < 1.29 is 10.2 Å². The molecule has 0 saturated carbocycles. The first-order valence-corrected chi connectivity index (χ1v) is 7.23. The van der Waals surface area contributed by atoms with E-state index in [0.29, 0.717) is 23.1 Å². The summed E-state index contributed by atoms with van der Waals surface area (Å²) in [7, 11) is 3.85. The lowest BCUT2D eigenvalue weighted by Crippen LogP contribution is -2.13. The number of aromatic nitrogens is 2. The van der Waals surface area contributed by atoms with Gasteiger partial charge in [0.2, 0.25) is 0 Å². The maximum Gasteiger partial charge on any atom is 0.152 e. The summed E-state index contributed by atoms with van der Waals surface area (Å²) in [5, 5.41) is 25.4. The molecule has 3 aromatic rings. The highest BCUT2D eigenvalue weighted by molar-refractivity contribution is 5.95. The highest BCUT2D eigenvalue weighted by atomic mass is 16.3. The molecule has 0 aliphatic heterocycles. The maximum atomic E-state index is 10.4. The molecule has 0 amide bonds. The van der Waals surface area contributed by atoms with Crippen LogP contribution in [0.1, 0.15) is 0 Å². The van der Waals surface area contributed by atoms with Crippen molar-refractivity contribution in [3.05, 3.63) is 42.6 Å². The van der Waals surface area contributed by atoms with E-state index >= 15 is 0 Å². The number of benzene rings is 2. The summed E-state index contributed by atoms with van der Waals surface area (Å²) in [6, 6.07) is 10.9. The van der Waals surface area contributed by atoms with E-state index in [0.717, 1.165) is 5.69 Å². The predicted octanol–water partition coefficient (Wildman–Crippen LogP) is 2.70. The number of aliphatic imine (C=N–C) groups is 1. The fourth-order valence-electron chi connectivity index (χ4n) is 2.25. The third-order valence-electron chi connectivity index (χ3n) is 3.43. The number of phenolic OH excluding ortho intramolecular Hbond substituents is 2. The summed E-state index contributed by atoms with van der Waals surface area (Å²) in [6.45, 7) is 0.640. The third-order valence-corrected chi connectivity index (χ3v) is 3.43. The standard InChI is InChI=1S/C17H18N4O2/c1-20(2)9-8-18-14-10-15(22)16-13(17(14)23)11-21(19-16)12-6-4-3-5-7-12/h3-8,10-11,22-23H,9H2,1-2H3. The molecular formula is C17H18N4O2. The minimum absolute atomic E-state index is 0.00925. The molecular weight excluding hydrogens is 292 g/mol. The van der Waals surface area contributed by atoms with Crippen molar-refractivity contribution in [3.8, 4) is 17.2 Å². The normalized spacial score (nSPS) is 11.8. The van der Waals surface area contributed by atoms with Gasteiger partial charge in [-0.15, -0.1) is 0 Å². The highest BCUT2D eigenvalue weighted by Gasteiger charge is 2.15. The first-order chi connectivity index (χ1) is 11.1. The van der Waals surface area contributed by atoms with E-state index in [1.54, 1.807) is 17.1 Å². The third kappa shape index (κ3) is 3.02. The van der Waals surface area contributed by atoms with Crippen molar-refractivity contribution in [2.45, 2.75) is 0 Å². The van der Waals surface area contributed by atoms with E-state index in [1.165, 1.54) is 6.07 Å². The fraction of sp³-hybridized carbons (Fsp3) is 0.176. The van der Waals surface area contributed by atoms with Gasteiger partial charge in [-0.2, -0.15) is 5.10 Å². The van der Waals surface area contributed by atoms with Gasteiger partial charge in [0, 0.05) is 25.0 Å². The molecule has 2 N–H and O–H groups in total. The van der Waals surface area contributed by atoms with Gasteiger partial charge in [-0.25, -0.2) is 4.68 Å². The molecule has 0 aliphatic carbocycles. The fourth-order valence-corrected chi connectivity index (χ4v) is 2.25. The number of hydrogen-bond donors (Lipinski definition) is 2. The number of para-hydroxylation sites is 1. The van der Waals surface area contributed by atoms with Gasteiger partial charge in [-0.05, 0) is 26.2 Å². The lowest BCUT2D eigenvalue weighted by atomic mass is 10.2. The van der Waals surface area contributed by atoms with E-state index < -0.39 is 0 Å². The average molecular weight is 310 g/mol. The molecule has 0 aliphatic rings. The van der Waals surface area contributed by atoms with Crippen LogP contribution in [-0.4, -0.2) is 51.7 Å². The zero-order valence-electron chi connectivity index (χ0n) is 13.0. The number of nitrogens with zero attached hydrogens (tertiary/aromatic N) is 4. The molecule has 0 bridgehead atoms. The van der Waals surface area contributed by atoms with Gasteiger partial charge in [-0.1, -0.05) is 18.2 Å². The number of aromatic hydroxyl groups is 2. The largest absolute Gasteiger partial charge is 0.506 e. The van der Waals surface area contributed by atoms with Gasteiger partial charge in [0.25, 0.3) is 0 Å². The minimum atomic E-state index is -0.00974. The molecule has 1 aromatic heterocycles. The molecule has 0 saturated heterocycles. The second-order valence-corrected chi connectivity index (χ2v) is 5.51. The Hall–Kier alpha value is -2.86. The van der Waals surface area contributed by atoms with Crippen LogP contribution in [0, 0.1) is 0 Å². The molecule has 6 nitrogen and oxygen atoms in total. The van der Waals surface area contributed by atoms with Gasteiger partial charge >= 0.3 is 0 Å². The first kappa shape index (κ1) is 15.1. The zero-order chi connectivity index (χ0) is 16.4. The molecule has 1 heterocycles. The minimum Gasteiger partial charge on any atom is -0.506 e. The summed E-state index contributed by atoms with van der Waals surface area (Å²) in [4.78, 5) is 6.18. The van der Waals surface area contributed by atoms with E-state index in [9.17, 15) is 10.2 Å². The van der Waals surface area contributed by atoms with E-state index in [2.05, 4.69) is 10.1 Å². The lowest BCUT2D eigenvalue weighted by Gasteiger charge is -2.04. The Kier molecular flexibility index (Phi) is 3.99. The number of phenols is 2. The van der Waals surface area contributed by atoms with Crippen LogP contribution in [0.25, 0.3) is 16.6 Å². The van der Waals surface area contributed by atoms with Gasteiger partial charge in [0.05, 0.1) is 11.1 Å². The lowest BCUT2D eigenvalue weighted by molar-refractivity contribution is 0.468. The van der Waals surface area contributed by atoms with Crippen LogP contribution in [0.2, 0.25) is 0 Å². The van der Waals surface area contributed by atoms with Crippen molar-refractivity contribution in [1.82, 2.24) is 14.7 Å². The van der Waals surface area contributed by atoms with Crippen LogP contribution in [0.5, 0.6) is 11.5 Å². The van der Waals surface area contributed by atoms with Crippen LogP contribution >= 0.6 is 0 Å². The molecule has 0 unspecified atom stereocenters. The summed E-state index contributed by atoms with van der Waals surface area (Å²) >= 11 is 0. The number of fused-ring (bicyclic) bond motifs is 1. The Labute approximate surface area is 133 Å². The molecule has 2 aromatic carbocycles. The average Bonchev–Trinajstić information content (AvgIpc) is 2.99. The molecule has 0 atom stereocenters. The van der Waals surface area contributed by atoms with Crippen molar-refractivity contribution in [3.63, 3.8) is 0 Å². The van der Waals surface area contributed by atoms with Gasteiger partial charge in [-0.3, -0.25) is 4.99 Å². The molecule has 118 valence electrons. The van der Waals surface area contributed by atoms with Gasteiger partial charge < -0.3 is 15.1 Å². The van der Waals surface area contributed by atoms with Crippen molar-refractivity contribution in [2.75, 3.05) is 20.6 Å². The molecule has 23 heavy (non-hydrogen) atoms. The number of hydrogen-bond acceptors (Lipinski definition) is 5. The Balaban J connectivity index is 2.07. The van der Waals surface area contributed by atoms with Crippen LogP contribution < -0.4 is 0 Å². The zero-order valence-corrected chi connectivity index (χ0v) is 13.0. The Bertz CT molecular complexity index is 854. The van der Waals surface area contributed by atoms with Gasteiger partial charge in [0.1, 0.15) is 17.0 Å². The molecule has 6 heteroatoms. The van der Waals surface area contributed by atoms with Gasteiger partial charge in [0.15, 0.2) is 5.75 Å². The van der Waals surface area contributed by atoms with E-state index in [1.807, 2.05) is 49.3 Å². The summed E-state index contributed by atoms with van der Waals surface area (Å²) < 4.78 is 1.62. The molecule has 0 radical (unpaired) electrons. The smallest absolute Gasteiger partial charge is 0.152 e. The highest BCUT2D eigenvalue weighted by Crippen LogP contribution is 2.39. The topological polar surface area (TPSA) is 73.9 Å². The Morgan fingerprint density at radius 2 is 1.96 bits per heavy atom. The second kappa shape index (κ2) is 6.10. The number of rotatable bonds is 4. The monoisotopic (exact) mass is 310 g/mol. The summed E-state index contributed by atoms with van der Waals surface area (Å²) in [5.74, 6) is -0.000489. The van der Waals surface area contributed by atoms with Crippen LogP contribution in [0.15, 0.2) is 47.6 Å². The summed E-state index contributed by atoms with van der Waals surface area (Å²) in [5.41, 5.74) is 1.52. The molecule has 0 fully saturated rings. The second-order valence-electron chi connectivity index (χ2n) is 5.51. The van der Waals surface area contributed by atoms with E-state index in [-0.39, 0.29) is 11.5 Å². The van der Waals surface area contributed by atoms with Crippen molar-refractivity contribution >= 4 is 22.8 Å². The summed E-state index contributed by atoms with van der Waals surface area (Å²) in [6.07, 6.45) is 3.37. The van der Waals surface area contributed by atoms with Crippen molar-refractivity contribution in [2.24, 2.45) is 4.99 Å². The molecule has 3 rings (SSSR count). The predicted molar refractivity (Wildman–Crippen MR) is 91.1 cm³/mol. The van der Waals surface area contributed by atoms with Crippen LogP contribution in [0.3, 0.4) is 0 Å². The quantitative estimate of drug-likeness (QED) is 0.574. The Morgan fingerprint density at radius 1 is 1.22 bits per heavy atom. The first-order valence-electron chi connectivity index (χ1n) is 7.23. The van der Waals surface area contributed by atoms with Crippen LogP contribution in [0.4, 0.5) is 5.69 Å². The van der Waals surface area contributed by atoms with Crippen LogP contribution in [-0.2, 0) is 0 Å². The van der Waals surface area contributed by atoms with E-state index in [4.69, 9.17) is 0 Å². The molecule has 0 spiro atoms.